The van der Waals surface area contributed by atoms with E-state index >= 15 is 0 Å². The number of aromatic nitrogens is 2. The van der Waals surface area contributed by atoms with Crippen LogP contribution in [-0.4, -0.2) is 9.55 Å². The van der Waals surface area contributed by atoms with Crippen molar-refractivity contribution in [2.24, 2.45) is 0 Å². The normalized spacial score (nSPS) is 11.2. The van der Waals surface area contributed by atoms with Gasteiger partial charge < -0.3 is 4.57 Å². The molecular formula is C16H14Cl2N2. The lowest BCUT2D eigenvalue weighted by atomic mass is 10.1. The molecule has 0 atom stereocenters. The van der Waals surface area contributed by atoms with Gasteiger partial charge in [-0.3, -0.25) is 0 Å². The highest BCUT2D eigenvalue weighted by atomic mass is 35.5. The van der Waals surface area contributed by atoms with Crippen molar-refractivity contribution in [3.63, 3.8) is 0 Å². The molecule has 0 radical (unpaired) electrons. The van der Waals surface area contributed by atoms with Gasteiger partial charge in [-0.1, -0.05) is 35.3 Å². The van der Waals surface area contributed by atoms with Crippen LogP contribution in [0.4, 0.5) is 0 Å². The molecule has 0 fully saturated rings. The molecule has 0 saturated heterocycles. The lowest BCUT2D eigenvalue weighted by molar-refractivity contribution is 0.733. The van der Waals surface area contributed by atoms with Crippen molar-refractivity contribution >= 4 is 34.2 Å². The first-order valence-corrected chi connectivity index (χ1v) is 7.32. The minimum atomic E-state index is 0.741. The zero-order valence-electron chi connectivity index (χ0n) is 11.1. The largest absolute Gasteiger partial charge is 0.328 e. The molecule has 0 spiro atoms. The number of hydrogen-bond donors (Lipinski definition) is 0. The standard InChI is InChI=1S/C16H14Cl2N2/c1-2-20-15-10-13(18)7-8-14(15)19-16(20)9-11-3-5-12(17)6-4-11/h3-8,10H,2,9H2,1H3. The molecule has 0 N–H and O–H groups in total. The Morgan fingerprint density at radius 1 is 1.00 bits per heavy atom. The van der Waals surface area contributed by atoms with E-state index in [0.717, 1.165) is 39.9 Å². The summed E-state index contributed by atoms with van der Waals surface area (Å²) in [5.41, 5.74) is 3.27. The maximum absolute atomic E-state index is 6.08. The van der Waals surface area contributed by atoms with Crippen LogP contribution < -0.4 is 0 Å². The van der Waals surface area contributed by atoms with Gasteiger partial charge in [-0.15, -0.1) is 0 Å². The van der Waals surface area contributed by atoms with Crippen molar-refractivity contribution in [3.05, 3.63) is 63.9 Å². The monoisotopic (exact) mass is 304 g/mol. The zero-order valence-corrected chi connectivity index (χ0v) is 12.6. The molecule has 3 aromatic rings. The highest BCUT2D eigenvalue weighted by Gasteiger charge is 2.10. The second-order valence-corrected chi connectivity index (χ2v) is 5.58. The quantitative estimate of drug-likeness (QED) is 0.669. The van der Waals surface area contributed by atoms with Gasteiger partial charge in [0.25, 0.3) is 0 Å². The fourth-order valence-electron chi connectivity index (χ4n) is 2.42. The fraction of sp³-hybridized carbons (Fsp3) is 0.188. The summed E-state index contributed by atoms with van der Waals surface area (Å²) >= 11 is 12.0. The predicted octanol–water partition coefficient (Wildman–Crippen LogP) is 4.95. The third-order valence-electron chi connectivity index (χ3n) is 3.38. The number of fused-ring (bicyclic) bond motifs is 1. The zero-order chi connectivity index (χ0) is 14.1. The number of halogens is 2. The van der Waals surface area contributed by atoms with Gasteiger partial charge in [0, 0.05) is 23.0 Å². The van der Waals surface area contributed by atoms with Crippen LogP contribution in [0.5, 0.6) is 0 Å². The maximum atomic E-state index is 6.08. The molecule has 20 heavy (non-hydrogen) atoms. The average Bonchev–Trinajstić information content (AvgIpc) is 2.78. The van der Waals surface area contributed by atoms with E-state index in [1.54, 1.807) is 0 Å². The van der Waals surface area contributed by atoms with Crippen LogP contribution in [0.25, 0.3) is 11.0 Å². The van der Waals surface area contributed by atoms with E-state index in [1.807, 2.05) is 42.5 Å². The van der Waals surface area contributed by atoms with Crippen molar-refractivity contribution in [3.8, 4) is 0 Å². The Bertz CT molecular complexity index is 745. The topological polar surface area (TPSA) is 17.8 Å². The number of imidazole rings is 1. The Balaban J connectivity index is 2.04. The van der Waals surface area contributed by atoms with Crippen LogP contribution in [0, 0.1) is 0 Å². The summed E-state index contributed by atoms with van der Waals surface area (Å²) in [5.74, 6) is 1.05. The van der Waals surface area contributed by atoms with Gasteiger partial charge in [0.2, 0.25) is 0 Å². The summed E-state index contributed by atoms with van der Waals surface area (Å²) in [6.07, 6.45) is 0.789. The Morgan fingerprint density at radius 2 is 1.70 bits per heavy atom. The number of hydrogen-bond acceptors (Lipinski definition) is 1. The number of nitrogens with zero attached hydrogens (tertiary/aromatic N) is 2. The third kappa shape index (κ3) is 2.54. The number of rotatable bonds is 3. The molecule has 0 amide bonds. The smallest absolute Gasteiger partial charge is 0.114 e. The van der Waals surface area contributed by atoms with E-state index in [2.05, 4.69) is 11.5 Å². The molecule has 2 aromatic carbocycles. The Kier molecular flexibility index (Phi) is 3.68. The first kappa shape index (κ1) is 13.5. The van der Waals surface area contributed by atoms with E-state index in [4.69, 9.17) is 28.2 Å². The Morgan fingerprint density at radius 3 is 2.40 bits per heavy atom. The van der Waals surface area contributed by atoms with Gasteiger partial charge in [-0.25, -0.2) is 4.98 Å². The van der Waals surface area contributed by atoms with E-state index < -0.39 is 0 Å². The van der Waals surface area contributed by atoms with Crippen LogP contribution in [0.2, 0.25) is 10.0 Å². The van der Waals surface area contributed by atoms with Gasteiger partial charge in [-0.05, 0) is 42.8 Å². The minimum absolute atomic E-state index is 0.741. The molecule has 0 aliphatic carbocycles. The van der Waals surface area contributed by atoms with E-state index in [0.29, 0.717) is 0 Å². The summed E-state index contributed by atoms with van der Waals surface area (Å²) in [5, 5.41) is 1.50. The Hall–Kier alpha value is -1.51. The lowest BCUT2D eigenvalue weighted by Gasteiger charge is -2.06. The highest BCUT2D eigenvalue weighted by molar-refractivity contribution is 6.31. The molecule has 102 valence electrons. The van der Waals surface area contributed by atoms with Gasteiger partial charge in [0.05, 0.1) is 11.0 Å². The molecule has 0 aliphatic heterocycles. The molecule has 3 rings (SSSR count). The van der Waals surface area contributed by atoms with Crippen molar-refractivity contribution in [2.45, 2.75) is 19.9 Å². The minimum Gasteiger partial charge on any atom is -0.328 e. The number of aryl methyl sites for hydroxylation is 1. The van der Waals surface area contributed by atoms with Gasteiger partial charge in [0.15, 0.2) is 0 Å². The first-order chi connectivity index (χ1) is 9.67. The fourth-order valence-corrected chi connectivity index (χ4v) is 2.71. The van der Waals surface area contributed by atoms with E-state index in [9.17, 15) is 0 Å². The molecule has 2 nitrogen and oxygen atoms in total. The third-order valence-corrected chi connectivity index (χ3v) is 3.87. The molecule has 0 aliphatic rings. The molecule has 0 bridgehead atoms. The van der Waals surface area contributed by atoms with Crippen LogP contribution in [0.3, 0.4) is 0 Å². The molecular weight excluding hydrogens is 291 g/mol. The van der Waals surface area contributed by atoms with Crippen molar-refractivity contribution in [1.82, 2.24) is 9.55 Å². The second kappa shape index (κ2) is 5.47. The highest BCUT2D eigenvalue weighted by Crippen LogP contribution is 2.22. The first-order valence-electron chi connectivity index (χ1n) is 6.56. The van der Waals surface area contributed by atoms with Crippen molar-refractivity contribution in [1.29, 1.82) is 0 Å². The van der Waals surface area contributed by atoms with Crippen LogP contribution in [-0.2, 0) is 13.0 Å². The Labute approximate surface area is 128 Å². The van der Waals surface area contributed by atoms with Crippen LogP contribution in [0.1, 0.15) is 18.3 Å². The van der Waals surface area contributed by atoms with Crippen molar-refractivity contribution in [2.75, 3.05) is 0 Å². The van der Waals surface area contributed by atoms with Gasteiger partial charge in [-0.2, -0.15) is 0 Å². The SMILES string of the molecule is CCn1c(Cc2ccc(Cl)cc2)nc2ccc(Cl)cc21. The summed E-state index contributed by atoms with van der Waals surface area (Å²) in [6, 6.07) is 13.7. The second-order valence-electron chi connectivity index (χ2n) is 4.71. The summed E-state index contributed by atoms with van der Waals surface area (Å²) in [4.78, 5) is 4.71. The summed E-state index contributed by atoms with van der Waals surface area (Å²) in [6.45, 7) is 2.99. The lowest BCUT2D eigenvalue weighted by Crippen LogP contribution is -2.02. The van der Waals surface area contributed by atoms with E-state index in [1.165, 1.54) is 5.56 Å². The summed E-state index contributed by atoms with van der Waals surface area (Å²) < 4.78 is 2.20. The van der Waals surface area contributed by atoms with Gasteiger partial charge in [0.1, 0.15) is 5.82 Å². The maximum Gasteiger partial charge on any atom is 0.114 e. The number of benzene rings is 2. The molecule has 0 unspecified atom stereocenters. The molecule has 0 saturated carbocycles. The van der Waals surface area contributed by atoms with Gasteiger partial charge >= 0.3 is 0 Å². The van der Waals surface area contributed by atoms with Crippen molar-refractivity contribution < 1.29 is 0 Å². The predicted molar refractivity (Wildman–Crippen MR) is 84.7 cm³/mol. The molecule has 1 aromatic heterocycles. The van der Waals surface area contributed by atoms with Crippen LogP contribution in [0.15, 0.2) is 42.5 Å². The average molecular weight is 305 g/mol. The summed E-state index contributed by atoms with van der Waals surface area (Å²) in [7, 11) is 0. The van der Waals surface area contributed by atoms with E-state index in [-0.39, 0.29) is 0 Å². The van der Waals surface area contributed by atoms with Crippen LogP contribution >= 0.6 is 23.2 Å². The molecule has 4 heteroatoms. The molecule has 1 heterocycles.